The van der Waals surface area contributed by atoms with Gasteiger partial charge in [0.15, 0.2) is 20.6 Å². The summed E-state index contributed by atoms with van der Waals surface area (Å²) in [5.74, 6) is 4.83. The molecule has 7 N–H and O–H groups in total. The molecule has 358 valence electrons. The zero-order valence-electron chi connectivity index (χ0n) is 40.0. The molecule has 0 spiro atoms. The van der Waals surface area contributed by atoms with E-state index in [-0.39, 0.29) is 56.5 Å². The van der Waals surface area contributed by atoms with Crippen molar-refractivity contribution >= 4 is 26.5 Å². The highest BCUT2D eigenvalue weighted by Crippen LogP contribution is 2.37. The summed E-state index contributed by atoms with van der Waals surface area (Å²) in [6.07, 6.45) is 12.1. The van der Waals surface area contributed by atoms with Crippen LogP contribution in [0.1, 0.15) is 116 Å². The van der Waals surface area contributed by atoms with Gasteiger partial charge in [-0.05, 0) is 90.9 Å². The third-order valence-corrected chi connectivity index (χ3v) is 13.8. The molecule has 5 rings (SSSR count). The first-order valence-corrected chi connectivity index (χ1v) is 23.9. The molecule has 0 aliphatic carbocycles. The Morgan fingerprint density at radius 1 is 0.891 bits per heavy atom. The van der Waals surface area contributed by atoms with Gasteiger partial charge < -0.3 is 24.6 Å². The van der Waals surface area contributed by atoms with Crippen molar-refractivity contribution in [3.8, 4) is 22.8 Å². The van der Waals surface area contributed by atoms with E-state index >= 15 is 0 Å². The minimum absolute atomic E-state index is 0. The van der Waals surface area contributed by atoms with Crippen LogP contribution in [0.15, 0.2) is 91.8 Å². The van der Waals surface area contributed by atoms with Crippen LogP contribution in [0.4, 0.5) is 0 Å². The topological polar surface area (TPSA) is 204 Å². The second kappa shape index (κ2) is 31.3. The molecule has 0 saturated carbocycles. The number of aliphatic hydroxyl groups excluding tert-OH is 3. The summed E-state index contributed by atoms with van der Waals surface area (Å²) in [6, 6.07) is 16.1. The molecule has 64 heavy (non-hydrogen) atoms. The van der Waals surface area contributed by atoms with Crippen LogP contribution in [0.3, 0.4) is 0 Å². The van der Waals surface area contributed by atoms with Gasteiger partial charge in [-0.15, -0.1) is 17.1 Å². The number of halogens is 1. The van der Waals surface area contributed by atoms with Crippen molar-refractivity contribution in [3.63, 3.8) is 0 Å². The number of nitrogens with two attached hydrogens (primary N) is 1. The number of carbonyl (C=O) groups is 1. The Morgan fingerprint density at radius 2 is 1.39 bits per heavy atom. The van der Waals surface area contributed by atoms with Gasteiger partial charge in [-0.2, -0.15) is 10.2 Å². The lowest BCUT2D eigenvalue weighted by Gasteiger charge is -2.36. The van der Waals surface area contributed by atoms with E-state index in [1.54, 1.807) is 37.9 Å². The molecule has 0 bridgehead atoms. The second-order valence-electron chi connectivity index (χ2n) is 16.8. The van der Waals surface area contributed by atoms with Crippen molar-refractivity contribution in [1.29, 1.82) is 0 Å². The van der Waals surface area contributed by atoms with E-state index in [4.69, 9.17) is 15.4 Å². The van der Waals surface area contributed by atoms with Crippen LogP contribution in [0, 0.1) is 0 Å². The maximum Gasteiger partial charge on any atom is 0.205 e. The number of aliphatic hydroxyl groups is 3. The number of hydrazine groups is 1. The van der Waals surface area contributed by atoms with Crippen molar-refractivity contribution in [2.45, 2.75) is 133 Å². The van der Waals surface area contributed by atoms with Gasteiger partial charge in [0.25, 0.3) is 0 Å². The number of carbonyl (C=O) groups excluding carboxylic acids is 1. The highest BCUT2D eigenvalue weighted by molar-refractivity contribution is 6.74. The average molecular weight is 929 g/mol. The molecule has 0 aliphatic heterocycles. The van der Waals surface area contributed by atoms with Gasteiger partial charge in [0, 0.05) is 92.6 Å². The number of allylic oxidation sites excluding steroid dienone is 1. The molecule has 5 aromatic rings. The highest BCUT2D eigenvalue weighted by Gasteiger charge is 2.37. The van der Waals surface area contributed by atoms with Gasteiger partial charge in [0.1, 0.15) is 11.4 Å². The van der Waals surface area contributed by atoms with E-state index in [9.17, 15) is 15.0 Å². The van der Waals surface area contributed by atoms with E-state index in [0.717, 1.165) is 39.5 Å². The van der Waals surface area contributed by atoms with E-state index in [2.05, 4.69) is 92.1 Å². The molecular formula is C47H80ClN10O5Si+. The fraction of sp³-hybridized carbons (Fsp3) is 0.489. The number of hydrogen-bond acceptors (Lipinski definition) is 12. The SMILES string of the molecule is C.CC(C)NN.CC(C)[n+]1ccc(-c2ncccc2CO)[nH]1.CC(C)n1nccc1-c1ncccc1CO.CCO.CN(C)/C=C/C(=O)c1ncccc1CO[Si](C)(C)C(C)(C)C.Cl. The molecule has 17 heteroatoms. The minimum atomic E-state index is -1.85. The van der Waals surface area contributed by atoms with Crippen molar-refractivity contribution < 1.29 is 29.2 Å². The predicted molar refractivity (Wildman–Crippen MR) is 265 cm³/mol. The maximum absolute atomic E-state index is 12.3. The monoisotopic (exact) mass is 928 g/mol. The van der Waals surface area contributed by atoms with Crippen LogP contribution in [-0.4, -0.2) is 90.9 Å². The molecule has 0 fully saturated rings. The molecule has 0 amide bonds. The van der Waals surface area contributed by atoms with E-state index in [1.165, 1.54) is 6.08 Å². The van der Waals surface area contributed by atoms with Crippen molar-refractivity contribution in [3.05, 3.63) is 114 Å². The lowest BCUT2D eigenvalue weighted by atomic mass is 10.1. The van der Waals surface area contributed by atoms with Gasteiger partial charge in [-0.1, -0.05) is 46.4 Å². The minimum Gasteiger partial charge on any atom is -0.412 e. The van der Waals surface area contributed by atoms with Gasteiger partial charge in [0.2, 0.25) is 5.78 Å². The summed E-state index contributed by atoms with van der Waals surface area (Å²) in [7, 11) is 1.91. The normalized spacial score (nSPS) is 10.9. The Bertz CT molecular complexity index is 2050. The average Bonchev–Trinajstić information content (AvgIpc) is 3.94. The Morgan fingerprint density at radius 3 is 1.84 bits per heavy atom. The maximum atomic E-state index is 12.3. The lowest BCUT2D eigenvalue weighted by molar-refractivity contribution is -0.767. The summed E-state index contributed by atoms with van der Waals surface area (Å²) in [5.41, 5.74) is 8.99. The van der Waals surface area contributed by atoms with Gasteiger partial charge >= 0.3 is 0 Å². The Hall–Kier alpha value is -4.65. The number of aromatic amines is 1. The second-order valence-corrected chi connectivity index (χ2v) is 21.6. The number of aromatic nitrogens is 7. The summed E-state index contributed by atoms with van der Waals surface area (Å²) < 4.78 is 10.1. The molecule has 5 aromatic heterocycles. The van der Waals surface area contributed by atoms with Gasteiger partial charge in [-0.3, -0.25) is 35.7 Å². The molecule has 0 unspecified atom stereocenters. The number of ketones is 1. The Kier molecular flexibility index (Phi) is 30.0. The highest BCUT2D eigenvalue weighted by atomic mass is 35.5. The molecule has 0 radical (unpaired) electrons. The fourth-order valence-corrected chi connectivity index (χ4v) is 5.82. The Balaban J connectivity index is 0. The van der Waals surface area contributed by atoms with E-state index < -0.39 is 8.32 Å². The number of nitrogens with zero attached hydrogens (tertiary/aromatic N) is 7. The third-order valence-electron chi connectivity index (χ3n) is 9.36. The molecule has 0 saturated heterocycles. The molecular weight excluding hydrogens is 848 g/mol. The first kappa shape index (κ1) is 61.4. The van der Waals surface area contributed by atoms with Crippen molar-refractivity contribution in [2.75, 3.05) is 20.7 Å². The number of nitrogens with one attached hydrogen (secondary N) is 2. The summed E-state index contributed by atoms with van der Waals surface area (Å²) in [6.45, 7) is 25.7. The van der Waals surface area contributed by atoms with Crippen LogP contribution in [-0.2, 0) is 24.2 Å². The van der Waals surface area contributed by atoms with Crippen LogP contribution >= 0.6 is 12.4 Å². The zero-order valence-corrected chi connectivity index (χ0v) is 41.8. The summed E-state index contributed by atoms with van der Waals surface area (Å²) in [4.78, 5) is 26.9. The quantitative estimate of drug-likeness (QED) is 0.0165. The lowest BCUT2D eigenvalue weighted by Crippen LogP contribution is -2.40. The van der Waals surface area contributed by atoms with Crippen LogP contribution < -0.4 is 16.0 Å². The van der Waals surface area contributed by atoms with E-state index in [1.807, 2.05) is 96.9 Å². The summed E-state index contributed by atoms with van der Waals surface area (Å²) in [5, 5.41) is 33.7. The van der Waals surface area contributed by atoms with E-state index in [0.29, 0.717) is 24.4 Å². The fourth-order valence-electron chi connectivity index (χ4n) is 4.87. The summed E-state index contributed by atoms with van der Waals surface area (Å²) >= 11 is 0. The van der Waals surface area contributed by atoms with Gasteiger partial charge in [0.05, 0.1) is 36.9 Å². The first-order chi connectivity index (χ1) is 29.2. The molecule has 0 aliphatic rings. The number of H-pyrrole nitrogens is 1. The number of hydrogen-bond donors (Lipinski definition) is 6. The smallest absolute Gasteiger partial charge is 0.205 e. The molecule has 0 aromatic carbocycles. The molecule has 0 atom stereocenters. The van der Waals surface area contributed by atoms with Gasteiger partial charge in [-0.25, -0.2) is 0 Å². The third kappa shape index (κ3) is 20.9. The predicted octanol–water partition coefficient (Wildman–Crippen LogP) is 8.23. The number of rotatable bonds is 13. The zero-order chi connectivity index (χ0) is 47.0. The molecule has 5 heterocycles. The number of pyridine rings is 3. The van der Waals surface area contributed by atoms with Crippen LogP contribution in [0.5, 0.6) is 0 Å². The van der Waals surface area contributed by atoms with Crippen molar-refractivity contribution in [2.24, 2.45) is 5.84 Å². The Labute approximate surface area is 390 Å². The molecule has 15 nitrogen and oxygen atoms in total. The van der Waals surface area contributed by atoms with Crippen molar-refractivity contribution in [1.82, 2.24) is 40.2 Å². The van der Waals surface area contributed by atoms with Crippen LogP contribution in [0.2, 0.25) is 18.1 Å². The first-order valence-electron chi connectivity index (χ1n) is 21.0. The largest absolute Gasteiger partial charge is 0.412 e. The standard InChI is InChI=1S/C17H28N2O2Si.2C12H15N3O.C3H10N2.C2H6O.CH4.ClH/c1-17(2,3)22(6,7)21-13-14-9-8-11-18-16(14)15(20)10-12-19(4)5;1-9(2)15-7-5-11(14-15)12-10(8-16)4-3-6-13-12;1-9(2)15-11(5-7-14-15)12-10(8-16)4-3-6-13-12;1-3(2)5-4;1-2-3;;/h8-12H,13H2,1-7H3;2*3-7,9,16H,8H2,1-2H3;3,5H,4H2,1-2H3;3H,2H2,1H3;1H4;1H/p+1/b12-10+;;;;;;. The van der Waals surface area contributed by atoms with Crippen LogP contribution in [0.25, 0.3) is 22.8 Å².